The molecule has 0 unspecified atom stereocenters. The summed E-state index contributed by atoms with van der Waals surface area (Å²) < 4.78 is 30.0. The van der Waals surface area contributed by atoms with E-state index in [0.717, 1.165) is 37.0 Å². The molecule has 0 bridgehead atoms. The summed E-state index contributed by atoms with van der Waals surface area (Å²) in [6, 6.07) is 6.10. The summed E-state index contributed by atoms with van der Waals surface area (Å²) in [5.74, 6) is -1.07. The van der Waals surface area contributed by atoms with Crippen LogP contribution in [0.4, 0.5) is 5.13 Å². The number of aromatic nitrogens is 1. The number of anilines is 1. The Hall–Kier alpha value is -2.79. The molecule has 0 saturated heterocycles. The molecule has 0 spiro atoms. The predicted molar refractivity (Wildman–Crippen MR) is 128 cm³/mol. The first-order valence-corrected chi connectivity index (χ1v) is 13.7. The van der Waals surface area contributed by atoms with Gasteiger partial charge in [-0.15, -0.1) is 0 Å². The molecule has 34 heavy (non-hydrogen) atoms. The molecule has 0 radical (unpaired) electrons. The summed E-state index contributed by atoms with van der Waals surface area (Å²) in [4.78, 5) is 35.7. The van der Waals surface area contributed by atoms with Crippen LogP contribution in [0.25, 0.3) is 0 Å². The van der Waals surface area contributed by atoms with Crippen LogP contribution in [0, 0.1) is 6.92 Å². The molecule has 2 aliphatic carbocycles. The SMILES string of the molecule is CCOC(=O)c1sc(NC(=O)C(=NOC2CCCC2)c2ccc(S(=O)(=O)C3CC3)cc2)nc1C. The Labute approximate surface area is 202 Å². The number of ether oxygens (including phenoxy) is 1. The number of carbonyl (C=O) groups is 2. The van der Waals surface area contributed by atoms with Crippen molar-refractivity contribution in [3.8, 4) is 0 Å². The molecule has 182 valence electrons. The smallest absolute Gasteiger partial charge is 0.350 e. The summed E-state index contributed by atoms with van der Waals surface area (Å²) in [5.41, 5.74) is 0.881. The number of benzene rings is 1. The van der Waals surface area contributed by atoms with Crippen LogP contribution in [0.2, 0.25) is 0 Å². The normalized spacial score (nSPS) is 16.9. The minimum Gasteiger partial charge on any atom is -0.462 e. The summed E-state index contributed by atoms with van der Waals surface area (Å²) in [7, 11) is -3.34. The third-order valence-electron chi connectivity index (χ3n) is 5.71. The predicted octanol–water partition coefficient (Wildman–Crippen LogP) is 3.87. The van der Waals surface area contributed by atoms with Crippen molar-refractivity contribution in [2.24, 2.45) is 5.16 Å². The molecule has 1 aromatic heterocycles. The van der Waals surface area contributed by atoms with Gasteiger partial charge in [0.15, 0.2) is 20.7 Å². The maximum Gasteiger partial charge on any atom is 0.350 e. The zero-order valence-electron chi connectivity index (χ0n) is 19.1. The molecule has 1 aromatic carbocycles. The minimum atomic E-state index is -3.34. The van der Waals surface area contributed by atoms with E-state index >= 15 is 0 Å². The van der Waals surface area contributed by atoms with Crippen molar-refractivity contribution in [1.82, 2.24) is 4.98 Å². The van der Waals surface area contributed by atoms with Gasteiger partial charge in [-0.05, 0) is 64.5 Å². The van der Waals surface area contributed by atoms with Gasteiger partial charge in [0.25, 0.3) is 5.91 Å². The lowest BCUT2D eigenvalue weighted by molar-refractivity contribution is -0.110. The Morgan fingerprint density at radius 2 is 1.82 bits per heavy atom. The van der Waals surface area contributed by atoms with E-state index in [1.165, 1.54) is 12.1 Å². The monoisotopic (exact) mass is 505 g/mol. The molecule has 1 N–H and O–H groups in total. The molecule has 2 fully saturated rings. The molecule has 1 heterocycles. The maximum absolute atomic E-state index is 13.1. The van der Waals surface area contributed by atoms with Crippen molar-refractivity contribution in [2.45, 2.75) is 68.6 Å². The molecule has 2 aliphatic rings. The Morgan fingerprint density at radius 1 is 1.15 bits per heavy atom. The van der Waals surface area contributed by atoms with Gasteiger partial charge in [0, 0.05) is 5.56 Å². The fourth-order valence-electron chi connectivity index (χ4n) is 3.71. The van der Waals surface area contributed by atoms with Crippen LogP contribution in [-0.2, 0) is 24.2 Å². The number of rotatable bonds is 9. The molecule has 1 amide bonds. The first-order valence-electron chi connectivity index (χ1n) is 11.3. The quantitative estimate of drug-likeness (QED) is 0.312. The molecule has 2 aromatic rings. The number of carbonyl (C=O) groups excluding carboxylic acids is 2. The van der Waals surface area contributed by atoms with E-state index in [-0.39, 0.29) is 33.7 Å². The van der Waals surface area contributed by atoms with Gasteiger partial charge in [-0.3, -0.25) is 10.1 Å². The van der Waals surface area contributed by atoms with Crippen molar-refractivity contribution in [3.63, 3.8) is 0 Å². The van der Waals surface area contributed by atoms with E-state index < -0.39 is 21.7 Å². The van der Waals surface area contributed by atoms with Crippen LogP contribution < -0.4 is 5.32 Å². The first-order chi connectivity index (χ1) is 16.3. The largest absolute Gasteiger partial charge is 0.462 e. The third-order valence-corrected chi connectivity index (χ3v) is 9.04. The maximum atomic E-state index is 13.1. The highest BCUT2D eigenvalue weighted by Gasteiger charge is 2.36. The standard InChI is InChI=1S/C23H27N3O6S2/c1-3-31-22(28)20-14(2)24-23(33-20)25-21(27)19(26-32-16-6-4-5-7-16)15-8-10-17(11-9-15)34(29,30)18-12-13-18/h8-11,16,18H,3-7,12-13H2,1-2H3,(H,24,25,27). The van der Waals surface area contributed by atoms with E-state index in [9.17, 15) is 18.0 Å². The lowest BCUT2D eigenvalue weighted by atomic mass is 10.1. The average Bonchev–Trinajstić information content (AvgIpc) is 3.44. The highest BCUT2D eigenvalue weighted by atomic mass is 32.2. The lowest BCUT2D eigenvalue weighted by Crippen LogP contribution is -2.25. The molecule has 0 aliphatic heterocycles. The lowest BCUT2D eigenvalue weighted by Gasteiger charge is -2.11. The number of nitrogens with zero attached hydrogens (tertiary/aromatic N) is 2. The van der Waals surface area contributed by atoms with E-state index in [0.29, 0.717) is 29.0 Å². The van der Waals surface area contributed by atoms with Gasteiger partial charge in [0.2, 0.25) is 0 Å². The van der Waals surface area contributed by atoms with Crippen LogP contribution in [0.3, 0.4) is 0 Å². The summed E-state index contributed by atoms with van der Waals surface area (Å²) in [6.45, 7) is 3.61. The van der Waals surface area contributed by atoms with Crippen LogP contribution in [0.15, 0.2) is 34.3 Å². The second-order valence-corrected chi connectivity index (χ2v) is 11.6. The summed E-state index contributed by atoms with van der Waals surface area (Å²) in [6.07, 6.45) is 5.12. The topological polar surface area (TPSA) is 124 Å². The molecule has 2 saturated carbocycles. The van der Waals surface area contributed by atoms with Crippen molar-refractivity contribution in [1.29, 1.82) is 0 Å². The van der Waals surface area contributed by atoms with Crippen LogP contribution in [-0.4, -0.2) is 49.0 Å². The number of thiazole rings is 1. The van der Waals surface area contributed by atoms with Crippen LogP contribution in [0.5, 0.6) is 0 Å². The first kappa shape index (κ1) is 24.3. The molecular formula is C23H27N3O6S2. The molecule has 11 heteroatoms. The Morgan fingerprint density at radius 3 is 2.44 bits per heavy atom. The number of nitrogens with one attached hydrogen (secondary N) is 1. The minimum absolute atomic E-state index is 0.00723. The van der Waals surface area contributed by atoms with Gasteiger partial charge < -0.3 is 9.57 Å². The highest BCUT2D eigenvalue weighted by Crippen LogP contribution is 2.33. The fraction of sp³-hybridized carbons (Fsp3) is 0.478. The number of oxime groups is 1. The van der Waals surface area contributed by atoms with Gasteiger partial charge in [-0.25, -0.2) is 18.2 Å². The van der Waals surface area contributed by atoms with Gasteiger partial charge in [0.05, 0.1) is 22.4 Å². The van der Waals surface area contributed by atoms with Crippen LogP contribution in [0.1, 0.15) is 66.4 Å². The molecular weight excluding hydrogens is 478 g/mol. The van der Waals surface area contributed by atoms with Gasteiger partial charge >= 0.3 is 5.97 Å². The Balaban J connectivity index is 1.57. The van der Waals surface area contributed by atoms with Gasteiger partial charge in [-0.1, -0.05) is 28.6 Å². The molecule has 4 rings (SSSR count). The summed E-state index contributed by atoms with van der Waals surface area (Å²) >= 11 is 1.02. The number of sulfone groups is 1. The Kier molecular flexibility index (Phi) is 7.32. The fourth-order valence-corrected chi connectivity index (χ4v) is 6.22. The van der Waals surface area contributed by atoms with Crippen molar-refractivity contribution in [3.05, 3.63) is 40.4 Å². The zero-order chi connectivity index (χ0) is 24.3. The summed E-state index contributed by atoms with van der Waals surface area (Å²) in [5, 5.41) is 6.74. The van der Waals surface area contributed by atoms with E-state index in [4.69, 9.17) is 9.57 Å². The highest BCUT2D eigenvalue weighted by molar-refractivity contribution is 7.92. The number of aryl methyl sites for hydroxylation is 1. The number of esters is 1. The van der Waals surface area contributed by atoms with Gasteiger partial charge in [-0.2, -0.15) is 0 Å². The van der Waals surface area contributed by atoms with E-state index in [2.05, 4.69) is 15.5 Å². The van der Waals surface area contributed by atoms with Crippen molar-refractivity contribution in [2.75, 3.05) is 11.9 Å². The van der Waals surface area contributed by atoms with Crippen LogP contribution >= 0.6 is 11.3 Å². The average molecular weight is 506 g/mol. The van der Waals surface area contributed by atoms with E-state index in [1.807, 2.05) is 0 Å². The molecule has 9 nitrogen and oxygen atoms in total. The van der Waals surface area contributed by atoms with E-state index in [1.54, 1.807) is 26.0 Å². The van der Waals surface area contributed by atoms with Crippen molar-refractivity contribution < 1.29 is 27.6 Å². The second-order valence-electron chi connectivity index (χ2n) is 8.33. The Bertz CT molecular complexity index is 1190. The number of hydrogen-bond donors (Lipinski definition) is 1. The zero-order valence-corrected chi connectivity index (χ0v) is 20.7. The number of hydrogen-bond acceptors (Lipinski definition) is 9. The van der Waals surface area contributed by atoms with Crippen molar-refractivity contribution >= 4 is 43.9 Å². The van der Waals surface area contributed by atoms with Gasteiger partial charge in [0.1, 0.15) is 11.0 Å². The number of amides is 1. The second kappa shape index (κ2) is 10.2. The molecule has 0 atom stereocenters. The third kappa shape index (κ3) is 5.47.